The van der Waals surface area contributed by atoms with Gasteiger partial charge in [0.2, 0.25) is 0 Å². The Morgan fingerprint density at radius 3 is 1.86 bits per heavy atom. The number of allylic oxidation sites excluding steroid dienone is 1. The summed E-state index contributed by atoms with van der Waals surface area (Å²) >= 11 is 0. The monoisotopic (exact) mass is 754 g/mol. The van der Waals surface area contributed by atoms with Gasteiger partial charge in [-0.1, -0.05) is 214 Å². The highest BCUT2D eigenvalue weighted by atomic mass is 14.8. The van der Waals surface area contributed by atoms with Crippen molar-refractivity contribution in [3.05, 3.63) is 234 Å². The first kappa shape index (κ1) is 36.0. The molecule has 9 aromatic carbocycles. The van der Waals surface area contributed by atoms with Crippen molar-refractivity contribution in [2.45, 2.75) is 19.3 Å². The van der Waals surface area contributed by atoms with Gasteiger partial charge in [0.1, 0.15) is 0 Å². The summed E-state index contributed by atoms with van der Waals surface area (Å²) in [5.41, 5.74) is 16.1. The highest BCUT2D eigenvalue weighted by Gasteiger charge is 2.36. The van der Waals surface area contributed by atoms with Crippen molar-refractivity contribution in [3.63, 3.8) is 0 Å². The van der Waals surface area contributed by atoms with Crippen LogP contribution in [0.3, 0.4) is 0 Å². The fourth-order valence-corrected chi connectivity index (χ4v) is 9.01. The highest BCUT2D eigenvalue weighted by Crippen LogP contribution is 2.52. The lowest BCUT2D eigenvalue weighted by molar-refractivity contribution is 0.660. The second-order valence-electron chi connectivity index (χ2n) is 15.9. The van der Waals surface area contributed by atoms with Gasteiger partial charge in [0.15, 0.2) is 5.84 Å². The largest absolute Gasteiger partial charge is 0.282 e. The smallest absolute Gasteiger partial charge is 0.152 e. The van der Waals surface area contributed by atoms with E-state index in [2.05, 4.69) is 196 Å². The van der Waals surface area contributed by atoms with Crippen LogP contribution in [0.2, 0.25) is 0 Å². The van der Waals surface area contributed by atoms with Gasteiger partial charge in [0.25, 0.3) is 0 Å². The van der Waals surface area contributed by atoms with Crippen molar-refractivity contribution in [3.8, 4) is 44.5 Å². The maximum Gasteiger partial charge on any atom is 0.152 e. The highest BCUT2D eigenvalue weighted by molar-refractivity contribution is 6.18. The second-order valence-corrected chi connectivity index (χ2v) is 15.9. The topological polar surface area (TPSA) is 36.2 Å². The summed E-state index contributed by atoms with van der Waals surface area (Å²) in [7, 11) is 0. The molecular weight excluding hydrogens is 713 g/mol. The standard InChI is InChI=1S/C57H42N2/c1-57(2)52-27-11-10-24-51(52)55-49(26-14-28-53(55)57)41-31-29-39(30-32-41)48-35-33-40(46-22-8-9-23-50(46)48)34-36-54(59-56(58)42-16-4-3-5-17-42)44-20-12-19-43(37-44)47-25-13-18-38-15-6-7-21-45(38)47/h3-37,58H,1-2H3/b36-34+,58-56?,59-54?. The molecule has 2 heteroatoms. The molecule has 0 bridgehead atoms. The second kappa shape index (κ2) is 14.8. The molecule has 0 saturated carbocycles. The van der Waals surface area contributed by atoms with E-state index in [1.807, 2.05) is 30.3 Å². The van der Waals surface area contributed by atoms with Gasteiger partial charge in [0, 0.05) is 16.5 Å². The van der Waals surface area contributed by atoms with Crippen LogP contribution in [0.15, 0.2) is 211 Å². The normalized spacial score (nSPS) is 13.2. The first-order chi connectivity index (χ1) is 28.9. The molecule has 0 fully saturated rings. The average molecular weight is 755 g/mol. The molecule has 0 amide bonds. The van der Waals surface area contributed by atoms with Crippen LogP contribution in [-0.4, -0.2) is 11.5 Å². The zero-order chi connectivity index (χ0) is 39.9. The lowest BCUT2D eigenvalue weighted by Gasteiger charge is -2.21. The van der Waals surface area contributed by atoms with Gasteiger partial charge in [-0.3, -0.25) is 5.41 Å². The number of hydrogen-bond acceptors (Lipinski definition) is 1. The molecule has 0 spiro atoms. The summed E-state index contributed by atoms with van der Waals surface area (Å²) in [6.45, 7) is 4.67. The number of aliphatic imine (C=N–C) groups is 1. The van der Waals surface area contributed by atoms with Crippen molar-refractivity contribution >= 4 is 39.2 Å². The van der Waals surface area contributed by atoms with Crippen molar-refractivity contribution in [1.29, 1.82) is 5.41 Å². The summed E-state index contributed by atoms with van der Waals surface area (Å²) < 4.78 is 0. The predicted octanol–water partition coefficient (Wildman–Crippen LogP) is 14.8. The van der Waals surface area contributed by atoms with Gasteiger partial charge in [-0.2, -0.15) is 0 Å². The Hall–Kier alpha value is -7.42. The molecule has 10 rings (SSSR count). The lowest BCUT2D eigenvalue weighted by atomic mass is 9.82. The number of rotatable bonds is 7. The van der Waals surface area contributed by atoms with Crippen molar-refractivity contribution in [1.82, 2.24) is 0 Å². The molecule has 280 valence electrons. The van der Waals surface area contributed by atoms with Gasteiger partial charge in [0.05, 0.1) is 5.71 Å². The van der Waals surface area contributed by atoms with Crippen LogP contribution < -0.4 is 0 Å². The van der Waals surface area contributed by atoms with Crippen LogP contribution in [0.25, 0.3) is 72.1 Å². The van der Waals surface area contributed by atoms with E-state index in [0.717, 1.165) is 33.4 Å². The number of amidine groups is 1. The third kappa shape index (κ3) is 6.49. The molecule has 1 N–H and O–H groups in total. The Morgan fingerprint density at radius 1 is 0.458 bits per heavy atom. The zero-order valence-electron chi connectivity index (χ0n) is 33.2. The van der Waals surface area contributed by atoms with Crippen molar-refractivity contribution < 1.29 is 0 Å². The molecule has 2 nitrogen and oxygen atoms in total. The summed E-state index contributed by atoms with van der Waals surface area (Å²) in [5, 5.41) is 13.8. The third-order valence-electron chi connectivity index (χ3n) is 12.0. The molecule has 0 aromatic heterocycles. The lowest BCUT2D eigenvalue weighted by Crippen LogP contribution is -2.14. The Kier molecular flexibility index (Phi) is 9.03. The molecule has 0 saturated heterocycles. The number of benzene rings is 9. The fourth-order valence-electron chi connectivity index (χ4n) is 9.01. The van der Waals surface area contributed by atoms with E-state index in [9.17, 15) is 0 Å². The molecule has 0 radical (unpaired) electrons. The fraction of sp³-hybridized carbons (Fsp3) is 0.0526. The maximum atomic E-state index is 9.01. The van der Waals surface area contributed by atoms with E-state index in [1.165, 1.54) is 66.2 Å². The summed E-state index contributed by atoms with van der Waals surface area (Å²) in [4.78, 5) is 4.96. The van der Waals surface area contributed by atoms with Gasteiger partial charge in [-0.05, 0) is 94.9 Å². The summed E-state index contributed by atoms with van der Waals surface area (Å²) in [5.74, 6) is 0.220. The Morgan fingerprint density at radius 2 is 1.03 bits per heavy atom. The van der Waals surface area contributed by atoms with Crippen LogP contribution in [-0.2, 0) is 5.41 Å². The molecule has 0 heterocycles. The van der Waals surface area contributed by atoms with Crippen LogP contribution in [0, 0.1) is 5.41 Å². The molecule has 9 aromatic rings. The Bertz CT molecular complexity index is 3120. The Balaban J connectivity index is 1.02. The molecular formula is C57H42N2. The zero-order valence-corrected chi connectivity index (χ0v) is 33.2. The number of nitrogens with one attached hydrogen (secondary N) is 1. The van der Waals surface area contributed by atoms with E-state index < -0.39 is 0 Å². The summed E-state index contributed by atoms with van der Waals surface area (Å²) in [6, 6.07) is 71.0. The first-order valence-corrected chi connectivity index (χ1v) is 20.3. The number of hydrogen-bond donors (Lipinski definition) is 1. The molecule has 0 aliphatic heterocycles. The molecule has 59 heavy (non-hydrogen) atoms. The van der Waals surface area contributed by atoms with E-state index in [-0.39, 0.29) is 11.3 Å². The number of fused-ring (bicyclic) bond motifs is 5. The molecule has 0 atom stereocenters. The predicted molar refractivity (Wildman–Crippen MR) is 251 cm³/mol. The van der Waals surface area contributed by atoms with E-state index in [1.54, 1.807) is 0 Å². The van der Waals surface area contributed by atoms with Crippen LogP contribution >= 0.6 is 0 Å². The van der Waals surface area contributed by atoms with Crippen LogP contribution in [0.5, 0.6) is 0 Å². The summed E-state index contributed by atoms with van der Waals surface area (Å²) in [6.07, 6.45) is 4.21. The van der Waals surface area contributed by atoms with Crippen molar-refractivity contribution in [2.24, 2.45) is 4.99 Å². The molecule has 1 aliphatic rings. The number of nitrogens with zero attached hydrogens (tertiary/aromatic N) is 1. The van der Waals surface area contributed by atoms with Gasteiger partial charge in [-0.25, -0.2) is 4.99 Å². The van der Waals surface area contributed by atoms with Gasteiger partial charge in [-0.15, -0.1) is 0 Å². The SMILES string of the molecule is CC1(C)c2ccccc2-c2c(-c3ccc(-c4ccc(/C=C/C(=NC(=N)c5ccccc5)c5cccc(-c6cccc7ccccc67)c5)c5ccccc45)cc3)cccc21. The maximum absolute atomic E-state index is 9.01. The van der Waals surface area contributed by atoms with Gasteiger partial charge >= 0.3 is 0 Å². The molecule has 1 aliphatic carbocycles. The van der Waals surface area contributed by atoms with E-state index in [0.29, 0.717) is 0 Å². The first-order valence-electron chi connectivity index (χ1n) is 20.3. The Labute approximate surface area is 346 Å². The van der Waals surface area contributed by atoms with Crippen LogP contribution in [0.1, 0.15) is 41.7 Å². The third-order valence-corrected chi connectivity index (χ3v) is 12.0. The quantitative estimate of drug-likeness (QED) is 0.124. The minimum Gasteiger partial charge on any atom is -0.282 e. The van der Waals surface area contributed by atoms with Crippen LogP contribution in [0.4, 0.5) is 0 Å². The van der Waals surface area contributed by atoms with E-state index in [4.69, 9.17) is 10.4 Å². The molecule has 0 unspecified atom stereocenters. The van der Waals surface area contributed by atoms with E-state index >= 15 is 0 Å². The minimum atomic E-state index is -0.0330. The average Bonchev–Trinajstić information content (AvgIpc) is 3.53. The van der Waals surface area contributed by atoms with Crippen molar-refractivity contribution in [2.75, 3.05) is 0 Å². The minimum absolute atomic E-state index is 0.0330. The van der Waals surface area contributed by atoms with Gasteiger partial charge < -0.3 is 0 Å².